The molecule has 362 valence electrons. The first kappa shape index (κ1) is 48.2. The van der Waals surface area contributed by atoms with E-state index in [1.165, 1.54) is 82.4 Å². The number of aromatic nitrogens is 6. The molecule has 1 aliphatic heterocycles. The smallest absolute Gasteiger partial charge is 0.146 e. The molecule has 0 saturated carbocycles. The van der Waals surface area contributed by atoms with Crippen molar-refractivity contribution >= 4 is 32.9 Å². The monoisotopic (exact) mass is 937 g/mol. The van der Waals surface area contributed by atoms with Gasteiger partial charge in [-0.1, -0.05) is 185 Å². The lowest BCUT2D eigenvalue weighted by atomic mass is 9.92. The van der Waals surface area contributed by atoms with Crippen molar-refractivity contribution in [2.24, 2.45) is 10.2 Å². The number of para-hydroxylation sites is 1. The predicted molar refractivity (Wildman–Crippen MR) is 281 cm³/mol. The number of nitrogens with zero attached hydrogens (tertiary/aromatic N) is 8. The number of hydrogen-bond acceptors (Lipinski definition) is 9. The van der Waals surface area contributed by atoms with E-state index in [4.69, 9.17) is 14.2 Å². The van der Waals surface area contributed by atoms with Crippen LogP contribution in [-0.2, 0) is 19.7 Å². The molecule has 1 aliphatic rings. The van der Waals surface area contributed by atoms with Crippen LogP contribution >= 0.6 is 0 Å². The minimum Gasteiger partial charge on any atom is -0.493 e. The average Bonchev–Trinajstić information content (AvgIpc) is 4.08. The van der Waals surface area contributed by atoms with Crippen molar-refractivity contribution in [3.63, 3.8) is 0 Å². The van der Waals surface area contributed by atoms with E-state index in [0.29, 0.717) is 19.8 Å². The third-order valence-electron chi connectivity index (χ3n) is 13.4. The summed E-state index contributed by atoms with van der Waals surface area (Å²) in [5.74, 6) is 2.46. The van der Waals surface area contributed by atoms with Gasteiger partial charge in [-0.05, 0) is 83.6 Å². The van der Waals surface area contributed by atoms with Crippen LogP contribution in [0.25, 0.3) is 43.9 Å². The summed E-state index contributed by atoms with van der Waals surface area (Å²) >= 11 is 0. The second-order valence-corrected chi connectivity index (χ2v) is 18.7. The SMILES string of the molecule is c1cc2cc(c1)-c1cn(nn1)CCCCCCCCCCCOc1ccc3ccccc3c1-c1c(ccc3ccccc13)OCc1cn(nn1)CCCCCCCCCCCOc1ccccc1N=N2. The molecule has 6 aromatic carbocycles. The van der Waals surface area contributed by atoms with Crippen molar-refractivity contribution in [2.45, 2.75) is 135 Å². The molecule has 0 saturated heterocycles. The Morgan fingerprint density at radius 2 is 0.929 bits per heavy atom. The molecule has 0 unspecified atom stereocenters. The normalized spacial score (nSPS) is 16.1. The zero-order valence-electron chi connectivity index (χ0n) is 40.8. The molecule has 11 heteroatoms. The third kappa shape index (κ3) is 13.5. The van der Waals surface area contributed by atoms with E-state index in [1.807, 2.05) is 70.3 Å². The van der Waals surface area contributed by atoms with Gasteiger partial charge in [0, 0.05) is 29.8 Å². The largest absolute Gasteiger partial charge is 0.493 e. The fourth-order valence-corrected chi connectivity index (χ4v) is 9.56. The van der Waals surface area contributed by atoms with Gasteiger partial charge in [0.2, 0.25) is 0 Å². The second-order valence-electron chi connectivity index (χ2n) is 18.7. The van der Waals surface area contributed by atoms with Gasteiger partial charge in [-0.3, -0.25) is 9.36 Å². The highest BCUT2D eigenvalue weighted by Gasteiger charge is 2.20. The average molecular weight is 937 g/mol. The lowest BCUT2D eigenvalue weighted by Gasteiger charge is -2.19. The highest BCUT2D eigenvalue weighted by Crippen LogP contribution is 2.46. The van der Waals surface area contributed by atoms with Crippen LogP contribution in [0.4, 0.5) is 11.4 Å². The highest BCUT2D eigenvalue weighted by atomic mass is 16.5. The van der Waals surface area contributed by atoms with Crippen LogP contribution in [0.2, 0.25) is 0 Å². The van der Waals surface area contributed by atoms with Gasteiger partial charge in [-0.15, -0.1) is 15.3 Å². The standard InChI is InChI=1S/C59H68N8O3/c1-3-7-11-21-38-66-43-50(61-64-66)45-70-57-37-35-47-27-16-18-31-52(47)59(57)58-51-30-17-15-26-46(51)34-36-56(58)69-41-24-14-10-6-2-4-8-12-22-39-67-44-54(63-65-67)48-28-25-29-49(42-48)60-62-53-32-19-20-33-55(53)68-40-23-13-9-5-1/h15-20,25-37,42-44H,1-14,21-24,38-41,45H2. The quantitative estimate of drug-likeness (QED) is 0.149. The lowest BCUT2D eigenvalue weighted by molar-refractivity contribution is 0.300. The number of benzene rings is 6. The van der Waals surface area contributed by atoms with Gasteiger partial charge < -0.3 is 14.2 Å². The van der Waals surface area contributed by atoms with Gasteiger partial charge in [0.05, 0.1) is 31.3 Å². The molecule has 3 heterocycles. The predicted octanol–water partition coefficient (Wildman–Crippen LogP) is 16.0. The molecule has 0 radical (unpaired) electrons. The Morgan fingerprint density at radius 3 is 1.59 bits per heavy atom. The van der Waals surface area contributed by atoms with E-state index in [-0.39, 0.29) is 0 Å². The Bertz CT molecular complexity index is 2900. The maximum absolute atomic E-state index is 6.72. The molecule has 9 rings (SSSR count). The fourth-order valence-electron chi connectivity index (χ4n) is 9.56. The molecule has 0 N–H and O–H groups in total. The number of rotatable bonds is 0. The summed E-state index contributed by atoms with van der Waals surface area (Å²) in [6, 6.07) is 41.6. The number of hydrogen-bond donors (Lipinski definition) is 0. The van der Waals surface area contributed by atoms with Crippen molar-refractivity contribution in [2.75, 3.05) is 13.2 Å². The highest BCUT2D eigenvalue weighted by molar-refractivity contribution is 6.09. The number of azo groups is 1. The van der Waals surface area contributed by atoms with E-state index in [0.717, 1.165) is 124 Å². The summed E-state index contributed by atoms with van der Waals surface area (Å²) in [7, 11) is 0. The van der Waals surface area contributed by atoms with Gasteiger partial charge in [-0.25, -0.2) is 0 Å². The minimum absolute atomic E-state index is 0.330. The van der Waals surface area contributed by atoms with Gasteiger partial charge in [0.15, 0.2) is 0 Å². The fraction of sp³-hybridized carbons (Fsp3) is 0.390. The van der Waals surface area contributed by atoms with Crippen molar-refractivity contribution < 1.29 is 14.2 Å². The lowest BCUT2D eigenvalue weighted by Crippen LogP contribution is -2.02. The van der Waals surface area contributed by atoms with Gasteiger partial charge in [0.25, 0.3) is 0 Å². The van der Waals surface area contributed by atoms with Crippen molar-refractivity contribution in [1.29, 1.82) is 0 Å². The number of aryl methyl sites for hydroxylation is 2. The molecule has 8 aromatic rings. The molecule has 11 nitrogen and oxygen atoms in total. The first-order chi connectivity index (χ1) is 34.7. The first-order valence-corrected chi connectivity index (χ1v) is 26.1. The van der Waals surface area contributed by atoms with Crippen LogP contribution in [0.5, 0.6) is 17.2 Å². The van der Waals surface area contributed by atoms with Crippen LogP contribution in [0, 0.1) is 0 Å². The zero-order valence-corrected chi connectivity index (χ0v) is 40.8. The molecular formula is C59H68N8O3. The molecule has 0 spiro atoms. The van der Waals surface area contributed by atoms with Crippen LogP contribution in [0.15, 0.2) is 144 Å². The summed E-state index contributed by atoms with van der Waals surface area (Å²) in [4.78, 5) is 0. The molecule has 2 aromatic heterocycles. The van der Waals surface area contributed by atoms with Crippen LogP contribution < -0.4 is 14.2 Å². The second kappa shape index (κ2) is 25.6. The molecule has 0 amide bonds. The molecule has 70 heavy (non-hydrogen) atoms. The third-order valence-corrected chi connectivity index (χ3v) is 13.4. The van der Waals surface area contributed by atoms with Crippen LogP contribution in [0.1, 0.15) is 121 Å². The molecule has 0 fully saturated rings. The number of fused-ring (bicyclic) bond motifs is 15. The molecular weight excluding hydrogens is 869 g/mol. The van der Waals surface area contributed by atoms with E-state index in [9.17, 15) is 0 Å². The Balaban J connectivity index is 0.832. The summed E-state index contributed by atoms with van der Waals surface area (Å²) in [6.45, 7) is 3.38. The van der Waals surface area contributed by atoms with E-state index in [2.05, 4.69) is 104 Å². The maximum atomic E-state index is 6.72. The summed E-state index contributed by atoms with van der Waals surface area (Å²) < 4.78 is 23.5. The van der Waals surface area contributed by atoms with Crippen LogP contribution in [-0.4, -0.2) is 43.2 Å². The molecule has 0 atom stereocenters. The van der Waals surface area contributed by atoms with E-state index < -0.39 is 0 Å². The summed E-state index contributed by atoms with van der Waals surface area (Å²) in [5.41, 5.74) is 6.26. The zero-order chi connectivity index (χ0) is 47.4. The van der Waals surface area contributed by atoms with Crippen LogP contribution in [0.3, 0.4) is 0 Å². The van der Waals surface area contributed by atoms with Gasteiger partial charge in [-0.2, -0.15) is 5.11 Å². The first-order valence-electron chi connectivity index (χ1n) is 26.1. The Labute approximate surface area is 413 Å². The minimum atomic E-state index is 0.330. The Kier molecular flexibility index (Phi) is 17.6. The Hall–Kier alpha value is -6.88. The van der Waals surface area contributed by atoms with E-state index >= 15 is 0 Å². The Morgan fingerprint density at radius 1 is 0.400 bits per heavy atom. The van der Waals surface area contributed by atoms with Crippen molar-refractivity contribution in [3.8, 4) is 39.6 Å². The maximum Gasteiger partial charge on any atom is 0.146 e. The van der Waals surface area contributed by atoms with Gasteiger partial charge >= 0.3 is 0 Å². The van der Waals surface area contributed by atoms with Gasteiger partial charge in [0.1, 0.15) is 40.9 Å². The molecule has 0 aliphatic carbocycles. The summed E-state index contributed by atoms with van der Waals surface area (Å²) in [6.07, 6.45) is 25.4. The molecule has 6 bridgehead atoms. The number of ether oxygens (including phenoxy) is 3. The van der Waals surface area contributed by atoms with Crippen molar-refractivity contribution in [1.82, 2.24) is 30.0 Å². The topological polar surface area (TPSA) is 114 Å². The van der Waals surface area contributed by atoms with E-state index in [1.54, 1.807) is 0 Å². The summed E-state index contributed by atoms with van der Waals surface area (Å²) in [5, 5.41) is 31.7. The van der Waals surface area contributed by atoms with Crippen molar-refractivity contribution in [3.05, 3.63) is 139 Å².